The molecule has 3 atom stereocenters. The molecule has 0 unspecified atom stereocenters. The number of piperidine rings is 1. The van der Waals surface area contributed by atoms with Gasteiger partial charge < -0.3 is 28.9 Å². The number of hydrogen-bond donors (Lipinski definition) is 1. The van der Waals surface area contributed by atoms with E-state index in [0.717, 1.165) is 53.5 Å². The second kappa shape index (κ2) is 14.2. The van der Waals surface area contributed by atoms with Crippen LogP contribution in [0.3, 0.4) is 0 Å². The van der Waals surface area contributed by atoms with Crippen LogP contribution in [0.2, 0.25) is 0 Å². The van der Waals surface area contributed by atoms with Crippen LogP contribution in [0.5, 0.6) is 11.5 Å². The van der Waals surface area contributed by atoms with E-state index in [4.69, 9.17) is 9.47 Å². The first-order valence-electron chi connectivity index (χ1n) is 16.4. The minimum atomic E-state index is -0.890. The van der Waals surface area contributed by atoms with Gasteiger partial charge in [0, 0.05) is 55.8 Å². The van der Waals surface area contributed by atoms with E-state index in [1.807, 2.05) is 40.1 Å². The summed E-state index contributed by atoms with van der Waals surface area (Å²) < 4.78 is 11.9. The summed E-state index contributed by atoms with van der Waals surface area (Å²) in [7, 11) is 6.44. The maximum Gasteiger partial charge on any atom is 0.308 e. The van der Waals surface area contributed by atoms with E-state index >= 15 is 0 Å². The summed E-state index contributed by atoms with van der Waals surface area (Å²) in [5, 5.41) is 10.6. The quantitative estimate of drug-likeness (QED) is 0.333. The summed E-state index contributed by atoms with van der Waals surface area (Å²) in [6.45, 7) is 5.39. The van der Waals surface area contributed by atoms with Crippen molar-refractivity contribution in [2.45, 2.75) is 64.0 Å². The summed E-state index contributed by atoms with van der Waals surface area (Å²) >= 11 is 0. The molecule has 10 nitrogen and oxygen atoms in total. The molecule has 2 aromatic rings. The van der Waals surface area contributed by atoms with Gasteiger partial charge >= 0.3 is 5.97 Å². The number of rotatable bonds is 13. The van der Waals surface area contributed by atoms with E-state index < -0.39 is 17.9 Å². The third-order valence-corrected chi connectivity index (χ3v) is 9.23. The van der Waals surface area contributed by atoms with Crippen LogP contribution in [0.4, 0.5) is 5.69 Å². The number of amides is 2. The van der Waals surface area contributed by atoms with Crippen molar-refractivity contribution in [3.63, 3.8) is 0 Å². The normalized spacial score (nSPS) is 21.7. The number of ether oxygens (including phenoxy) is 2. The fourth-order valence-electron chi connectivity index (χ4n) is 7.06. The predicted octanol–water partition coefficient (Wildman–Crippen LogP) is 4.33. The molecule has 0 radical (unpaired) electrons. The lowest BCUT2D eigenvalue weighted by atomic mass is 9.84. The van der Waals surface area contributed by atoms with Crippen LogP contribution in [0.15, 0.2) is 42.5 Å². The molecule has 2 amide bonds. The van der Waals surface area contributed by atoms with Gasteiger partial charge in [0.15, 0.2) is 11.5 Å². The molecule has 2 saturated heterocycles. The van der Waals surface area contributed by atoms with E-state index in [9.17, 15) is 19.5 Å². The third-order valence-electron chi connectivity index (χ3n) is 9.23. The Hall–Kier alpha value is -3.63. The first kappa shape index (κ1) is 32.8. The number of aliphatic carboxylic acids is 1. The molecule has 0 saturated carbocycles. The zero-order valence-corrected chi connectivity index (χ0v) is 27.2. The summed E-state index contributed by atoms with van der Waals surface area (Å²) in [5.41, 5.74) is 2.89. The third kappa shape index (κ3) is 7.97. The number of carbonyl (C=O) groups is 3. The highest BCUT2D eigenvalue weighted by Crippen LogP contribution is 2.43. The number of carboxylic acid groups (broad SMARTS) is 1. The fraction of sp³-hybridized carbons (Fsp3) is 0.571. The van der Waals surface area contributed by atoms with Gasteiger partial charge in [-0.1, -0.05) is 31.5 Å². The molecule has 45 heavy (non-hydrogen) atoms. The van der Waals surface area contributed by atoms with Crippen LogP contribution in [-0.2, 0) is 20.9 Å². The maximum absolute atomic E-state index is 14.2. The molecule has 0 bridgehead atoms. The lowest BCUT2D eigenvalue weighted by molar-refractivity contribution is -0.884. The number of nitrogens with zero attached hydrogens (tertiary/aromatic N) is 4. The zero-order valence-electron chi connectivity index (χ0n) is 27.2. The Labute approximate surface area is 267 Å². The van der Waals surface area contributed by atoms with Crippen molar-refractivity contribution in [1.29, 1.82) is 0 Å². The SMILES string of the molecule is CCCCN(C(=O)CN1C[C@H](c2ccc3c(c2)OCO3)[C@@H](C(=O)O)[C@@H]1CCN1CCCCC1=O)c1cccc(C[N+](C)(C)C)c1. The highest BCUT2D eigenvalue weighted by atomic mass is 16.7. The highest BCUT2D eigenvalue weighted by molar-refractivity contribution is 5.95. The Morgan fingerprint density at radius 3 is 2.60 bits per heavy atom. The molecular weight excluding hydrogens is 572 g/mol. The van der Waals surface area contributed by atoms with Crippen LogP contribution in [-0.4, -0.2) is 104 Å². The van der Waals surface area contributed by atoms with Gasteiger partial charge in [-0.2, -0.15) is 0 Å². The monoisotopic (exact) mass is 621 g/mol. The van der Waals surface area contributed by atoms with Crippen molar-refractivity contribution in [2.24, 2.45) is 5.92 Å². The van der Waals surface area contributed by atoms with Crippen molar-refractivity contribution < 1.29 is 33.4 Å². The summed E-state index contributed by atoms with van der Waals surface area (Å²) in [4.78, 5) is 45.6. The molecule has 0 aliphatic carbocycles. The van der Waals surface area contributed by atoms with E-state index in [-0.39, 0.29) is 31.1 Å². The number of unbranched alkanes of at least 4 members (excludes halogenated alkanes) is 1. The van der Waals surface area contributed by atoms with Gasteiger partial charge in [-0.05, 0) is 55.5 Å². The zero-order chi connectivity index (χ0) is 32.1. The van der Waals surface area contributed by atoms with Gasteiger partial charge in [-0.3, -0.25) is 19.3 Å². The van der Waals surface area contributed by atoms with Gasteiger partial charge in [-0.15, -0.1) is 0 Å². The molecule has 2 fully saturated rings. The molecule has 2 aromatic carbocycles. The van der Waals surface area contributed by atoms with E-state index in [0.29, 0.717) is 50.5 Å². The van der Waals surface area contributed by atoms with Crippen LogP contribution in [0.1, 0.15) is 62.5 Å². The number of carbonyl (C=O) groups excluding carboxylic acids is 2. The van der Waals surface area contributed by atoms with Crippen LogP contribution in [0.25, 0.3) is 0 Å². The van der Waals surface area contributed by atoms with Gasteiger partial charge in [0.1, 0.15) is 6.54 Å². The van der Waals surface area contributed by atoms with Gasteiger partial charge in [0.05, 0.1) is 33.6 Å². The van der Waals surface area contributed by atoms with Gasteiger partial charge in [-0.25, -0.2) is 0 Å². The largest absolute Gasteiger partial charge is 0.481 e. The second-order valence-corrected chi connectivity index (χ2v) is 13.7. The first-order valence-corrected chi connectivity index (χ1v) is 16.4. The standard InChI is InChI=1S/C35H48N4O6/c1-5-6-17-38(27-11-9-10-25(19-27)23-39(2,3)4)33(41)22-37-21-28(26-13-14-30-31(20-26)45-24-44-30)34(35(42)43)29(37)15-18-36-16-8-7-12-32(36)40/h9-11,13-14,19-20,28-29,34H,5-8,12,15-18,21-24H2,1-4H3/p+1/t28-,29+,34-/m1/s1. The van der Waals surface area contributed by atoms with Crippen LogP contribution < -0.4 is 14.4 Å². The molecule has 0 spiro atoms. The van der Waals surface area contributed by atoms with Gasteiger partial charge in [0.2, 0.25) is 18.6 Å². The van der Waals surface area contributed by atoms with Crippen molar-refractivity contribution in [2.75, 3.05) is 65.6 Å². The molecule has 5 rings (SSSR count). The smallest absolute Gasteiger partial charge is 0.308 e. The highest BCUT2D eigenvalue weighted by Gasteiger charge is 2.47. The lowest BCUT2D eigenvalue weighted by Crippen LogP contribution is -2.46. The van der Waals surface area contributed by atoms with Gasteiger partial charge in [0.25, 0.3) is 0 Å². The first-order chi connectivity index (χ1) is 21.5. The minimum Gasteiger partial charge on any atom is -0.481 e. The lowest BCUT2D eigenvalue weighted by Gasteiger charge is -2.33. The second-order valence-electron chi connectivity index (χ2n) is 13.7. The van der Waals surface area contributed by atoms with Crippen molar-refractivity contribution in [3.05, 3.63) is 53.6 Å². The van der Waals surface area contributed by atoms with Crippen molar-refractivity contribution in [3.8, 4) is 11.5 Å². The maximum atomic E-state index is 14.2. The average Bonchev–Trinajstić information content (AvgIpc) is 3.60. The van der Waals surface area contributed by atoms with Crippen molar-refractivity contribution in [1.82, 2.24) is 9.80 Å². The molecule has 1 N–H and O–H groups in total. The Morgan fingerprint density at radius 2 is 1.87 bits per heavy atom. The molecule has 3 aliphatic heterocycles. The summed E-state index contributed by atoms with van der Waals surface area (Å²) in [6.07, 6.45) is 4.70. The Bertz CT molecular complexity index is 1370. The number of benzene rings is 2. The molecule has 244 valence electrons. The molecule has 10 heteroatoms. The Kier molecular flexibility index (Phi) is 10.3. The fourth-order valence-corrected chi connectivity index (χ4v) is 7.06. The van der Waals surface area contributed by atoms with E-state index in [1.165, 1.54) is 0 Å². The molecule has 3 heterocycles. The van der Waals surface area contributed by atoms with Crippen LogP contribution in [0, 0.1) is 5.92 Å². The number of anilines is 1. The number of fused-ring (bicyclic) bond motifs is 1. The average molecular weight is 622 g/mol. The molecule has 3 aliphatic rings. The van der Waals surface area contributed by atoms with Crippen molar-refractivity contribution >= 4 is 23.5 Å². The summed E-state index contributed by atoms with van der Waals surface area (Å²) in [6, 6.07) is 13.4. The van der Waals surface area contributed by atoms with E-state index in [2.05, 4.69) is 45.1 Å². The Balaban J connectivity index is 1.43. The molecule has 0 aromatic heterocycles. The minimum absolute atomic E-state index is 0.0413. The number of quaternary nitrogens is 1. The topological polar surface area (TPSA) is 99.6 Å². The Morgan fingerprint density at radius 1 is 1.07 bits per heavy atom. The predicted molar refractivity (Wildman–Crippen MR) is 172 cm³/mol. The number of likely N-dealkylation sites (tertiary alicyclic amines) is 2. The number of carboxylic acids is 1. The molecular formula is C35H49N4O6+. The summed E-state index contributed by atoms with van der Waals surface area (Å²) in [5.74, 6) is -0.630. The van der Waals surface area contributed by atoms with E-state index in [1.54, 1.807) is 0 Å². The number of hydrogen-bond acceptors (Lipinski definition) is 6. The van der Waals surface area contributed by atoms with Crippen LogP contribution >= 0.6 is 0 Å².